The van der Waals surface area contributed by atoms with Crippen LogP contribution in [-0.4, -0.2) is 17.9 Å². The molecule has 2 fully saturated rings. The Morgan fingerprint density at radius 1 is 1.75 bits per heavy atom. The lowest BCUT2D eigenvalue weighted by molar-refractivity contribution is -0.118. The minimum absolute atomic E-state index is 0.0872. The molecule has 2 heteroatoms. The maximum absolute atomic E-state index is 11.1. The Hall–Kier alpha value is -0.630. The van der Waals surface area contributed by atoms with Crippen LogP contribution in [0.2, 0.25) is 0 Å². The van der Waals surface area contributed by atoms with Gasteiger partial charge in [0.1, 0.15) is 5.78 Å². The summed E-state index contributed by atoms with van der Waals surface area (Å²) in [6, 6.07) is 0.605. The molecule has 2 nitrogen and oxygen atoms in total. The van der Waals surface area contributed by atoms with E-state index in [4.69, 9.17) is 0 Å². The van der Waals surface area contributed by atoms with E-state index in [0.29, 0.717) is 12.0 Å². The molecule has 0 bridgehead atoms. The van der Waals surface area contributed by atoms with Crippen LogP contribution < -0.4 is 5.32 Å². The molecule has 0 aromatic rings. The average molecular weight is 165 g/mol. The van der Waals surface area contributed by atoms with Crippen LogP contribution in [0.1, 0.15) is 20.3 Å². The number of nitrogens with one attached hydrogen (secondary N) is 1. The zero-order valence-electron chi connectivity index (χ0n) is 7.63. The van der Waals surface area contributed by atoms with E-state index in [-0.39, 0.29) is 17.2 Å². The lowest BCUT2D eigenvalue weighted by Gasteiger charge is -2.12. The van der Waals surface area contributed by atoms with Gasteiger partial charge in [-0.1, -0.05) is 13.0 Å². The summed E-state index contributed by atoms with van der Waals surface area (Å²) in [4.78, 5) is 11.1. The highest BCUT2D eigenvalue weighted by molar-refractivity contribution is 5.82. The second-order valence-corrected chi connectivity index (χ2v) is 4.12. The molecule has 0 aromatic heterocycles. The number of fused-ring (bicyclic) bond motifs is 1. The Morgan fingerprint density at radius 2 is 2.42 bits per heavy atom. The molecule has 12 heavy (non-hydrogen) atoms. The maximum atomic E-state index is 11.1. The number of piperidine rings is 1. The molecule has 2 rings (SSSR count). The van der Waals surface area contributed by atoms with Crippen LogP contribution in [0.4, 0.5) is 0 Å². The number of carbonyl (C=O) groups excluding carboxylic acids is 1. The number of carbonyl (C=O) groups is 1. The molecule has 1 saturated heterocycles. The van der Waals surface area contributed by atoms with Gasteiger partial charge in [-0.25, -0.2) is 0 Å². The fourth-order valence-electron chi connectivity index (χ4n) is 2.55. The number of hydrogen-bond donors (Lipinski definition) is 1. The van der Waals surface area contributed by atoms with Gasteiger partial charge in [-0.05, 0) is 19.3 Å². The van der Waals surface area contributed by atoms with Gasteiger partial charge in [0, 0.05) is 11.5 Å². The van der Waals surface area contributed by atoms with Gasteiger partial charge < -0.3 is 5.32 Å². The second-order valence-electron chi connectivity index (χ2n) is 4.12. The molecule has 2 aliphatic rings. The number of hydrogen-bond acceptors (Lipinski definition) is 2. The highest BCUT2D eigenvalue weighted by atomic mass is 16.1. The van der Waals surface area contributed by atoms with E-state index in [1.807, 2.05) is 6.08 Å². The van der Waals surface area contributed by atoms with E-state index in [1.54, 1.807) is 6.92 Å². The first-order valence-electron chi connectivity index (χ1n) is 4.52. The molecule has 1 heterocycles. The summed E-state index contributed by atoms with van der Waals surface area (Å²) in [6.45, 7) is 7.72. The van der Waals surface area contributed by atoms with E-state index in [1.165, 1.54) is 0 Å². The average Bonchev–Trinajstić information content (AvgIpc) is 2.48. The van der Waals surface area contributed by atoms with Crippen LogP contribution >= 0.6 is 0 Å². The SMILES string of the molecule is C=CC12CC(C(C)=O)NC1C2C. The third-order valence-electron chi connectivity index (χ3n) is 3.63. The zero-order chi connectivity index (χ0) is 8.93. The second kappa shape index (κ2) is 2.19. The first-order valence-corrected chi connectivity index (χ1v) is 4.52. The number of Topliss-reactive ketones (excluding diaryl/α,β-unsaturated/α-hetero) is 1. The minimum atomic E-state index is 0.0872. The van der Waals surface area contributed by atoms with Gasteiger partial charge in [-0.2, -0.15) is 0 Å². The normalized spacial score (nSPS) is 50.0. The van der Waals surface area contributed by atoms with E-state index >= 15 is 0 Å². The van der Waals surface area contributed by atoms with E-state index in [9.17, 15) is 4.79 Å². The Bertz CT molecular complexity index is 248. The van der Waals surface area contributed by atoms with Crippen molar-refractivity contribution in [2.45, 2.75) is 32.4 Å². The summed E-state index contributed by atoms with van der Waals surface area (Å²) in [5.41, 5.74) is 0.246. The van der Waals surface area contributed by atoms with Crippen molar-refractivity contribution < 1.29 is 4.79 Å². The fourth-order valence-corrected chi connectivity index (χ4v) is 2.55. The third-order valence-corrected chi connectivity index (χ3v) is 3.63. The van der Waals surface area contributed by atoms with Crippen LogP contribution in [-0.2, 0) is 4.79 Å². The first-order chi connectivity index (χ1) is 5.62. The van der Waals surface area contributed by atoms with Crippen molar-refractivity contribution in [2.75, 3.05) is 0 Å². The van der Waals surface area contributed by atoms with Crippen molar-refractivity contribution >= 4 is 5.78 Å². The fraction of sp³-hybridized carbons (Fsp3) is 0.700. The zero-order valence-corrected chi connectivity index (χ0v) is 7.63. The monoisotopic (exact) mass is 165 g/mol. The summed E-state index contributed by atoms with van der Waals surface area (Å²) in [7, 11) is 0. The Kier molecular flexibility index (Phi) is 1.46. The summed E-state index contributed by atoms with van der Waals surface area (Å²) < 4.78 is 0. The Morgan fingerprint density at radius 3 is 2.83 bits per heavy atom. The standard InChI is InChI=1S/C10H15NO/c1-4-10-5-8(7(3)12)11-9(10)6(10)2/h4,6,8-9,11H,1,5H2,2-3H3. The highest BCUT2D eigenvalue weighted by Gasteiger charge is 2.65. The molecular weight excluding hydrogens is 150 g/mol. The summed E-state index contributed by atoms with van der Waals surface area (Å²) in [5, 5.41) is 3.35. The predicted molar refractivity (Wildman–Crippen MR) is 47.8 cm³/mol. The molecular formula is C10H15NO. The maximum Gasteiger partial charge on any atom is 0.146 e. The quantitative estimate of drug-likeness (QED) is 0.621. The van der Waals surface area contributed by atoms with Gasteiger partial charge in [0.2, 0.25) is 0 Å². The van der Waals surface area contributed by atoms with Gasteiger partial charge in [-0.15, -0.1) is 6.58 Å². The van der Waals surface area contributed by atoms with Gasteiger partial charge in [0.25, 0.3) is 0 Å². The third kappa shape index (κ3) is 0.761. The number of ketones is 1. The smallest absolute Gasteiger partial charge is 0.146 e. The lowest BCUT2D eigenvalue weighted by Crippen LogP contribution is -2.33. The van der Waals surface area contributed by atoms with E-state index in [2.05, 4.69) is 18.8 Å². The largest absolute Gasteiger partial charge is 0.303 e. The lowest BCUT2D eigenvalue weighted by atomic mass is 9.95. The van der Waals surface area contributed by atoms with Crippen molar-refractivity contribution in [1.82, 2.24) is 5.32 Å². The van der Waals surface area contributed by atoms with Crippen LogP contribution in [0.3, 0.4) is 0 Å². The topological polar surface area (TPSA) is 29.1 Å². The van der Waals surface area contributed by atoms with Crippen molar-refractivity contribution in [1.29, 1.82) is 0 Å². The van der Waals surface area contributed by atoms with Crippen molar-refractivity contribution in [3.63, 3.8) is 0 Å². The molecule has 0 amide bonds. The van der Waals surface area contributed by atoms with Crippen LogP contribution in [0, 0.1) is 11.3 Å². The first kappa shape index (κ1) is 7.99. The number of rotatable bonds is 2. The molecule has 0 radical (unpaired) electrons. The molecule has 0 spiro atoms. The van der Waals surface area contributed by atoms with Gasteiger partial charge >= 0.3 is 0 Å². The summed E-state index contributed by atoms with van der Waals surface area (Å²) in [5.74, 6) is 0.932. The van der Waals surface area contributed by atoms with E-state index in [0.717, 1.165) is 6.42 Å². The molecule has 66 valence electrons. The van der Waals surface area contributed by atoms with Crippen LogP contribution in [0.15, 0.2) is 12.7 Å². The predicted octanol–water partition coefficient (Wildman–Crippen LogP) is 1.13. The van der Waals surface area contributed by atoms with Gasteiger partial charge in [0.05, 0.1) is 6.04 Å². The van der Waals surface area contributed by atoms with Crippen LogP contribution in [0.5, 0.6) is 0 Å². The summed E-state index contributed by atoms with van der Waals surface area (Å²) in [6.07, 6.45) is 2.98. The molecule has 1 saturated carbocycles. The van der Waals surface area contributed by atoms with Crippen molar-refractivity contribution in [3.8, 4) is 0 Å². The molecule has 1 N–H and O–H groups in total. The van der Waals surface area contributed by atoms with Crippen LogP contribution in [0.25, 0.3) is 0 Å². The van der Waals surface area contributed by atoms with Crippen molar-refractivity contribution in [3.05, 3.63) is 12.7 Å². The highest BCUT2D eigenvalue weighted by Crippen LogP contribution is 2.60. The summed E-state index contributed by atoms with van der Waals surface area (Å²) >= 11 is 0. The van der Waals surface area contributed by atoms with E-state index < -0.39 is 0 Å². The molecule has 1 aliphatic carbocycles. The van der Waals surface area contributed by atoms with Gasteiger partial charge in [-0.3, -0.25) is 4.79 Å². The van der Waals surface area contributed by atoms with Crippen molar-refractivity contribution in [2.24, 2.45) is 11.3 Å². The minimum Gasteiger partial charge on any atom is -0.303 e. The molecule has 0 aromatic carbocycles. The molecule has 1 aliphatic heterocycles. The molecule has 4 unspecified atom stereocenters. The van der Waals surface area contributed by atoms with Gasteiger partial charge in [0.15, 0.2) is 0 Å². The Labute approximate surface area is 73.0 Å². The Balaban J connectivity index is 2.12. The molecule has 4 atom stereocenters.